The summed E-state index contributed by atoms with van der Waals surface area (Å²) in [7, 11) is -3.22. The summed E-state index contributed by atoms with van der Waals surface area (Å²) in [6, 6.07) is 14.0. The first-order chi connectivity index (χ1) is 14.8. The lowest BCUT2D eigenvalue weighted by Crippen LogP contribution is -2.38. The molecule has 160 valence electrons. The number of amidine groups is 1. The van der Waals surface area contributed by atoms with E-state index in [1.54, 1.807) is 29.2 Å². The van der Waals surface area contributed by atoms with Crippen LogP contribution in [-0.2, 0) is 14.6 Å². The SMILES string of the molecule is Cc1cccc(Oc2ccc(Cl)cc2N2C(=NC(=O)CC#N)SC3CS(=O)(=O)CC32)c1. The van der Waals surface area contributed by atoms with E-state index in [2.05, 4.69) is 4.99 Å². The highest BCUT2D eigenvalue weighted by Gasteiger charge is 2.50. The van der Waals surface area contributed by atoms with Gasteiger partial charge in [-0.1, -0.05) is 35.5 Å². The summed E-state index contributed by atoms with van der Waals surface area (Å²) >= 11 is 7.50. The maximum atomic E-state index is 12.3. The molecular formula is C21H18ClN3O4S2. The van der Waals surface area contributed by atoms with Gasteiger partial charge in [0.15, 0.2) is 20.8 Å². The average molecular weight is 476 g/mol. The molecule has 0 bridgehead atoms. The van der Waals surface area contributed by atoms with Crippen molar-refractivity contribution in [2.24, 2.45) is 4.99 Å². The molecule has 0 spiro atoms. The standard InChI is InChI=1S/C21H18ClN3O4S2/c1-13-3-2-4-15(9-13)29-18-6-5-14(22)10-16(18)25-17-11-31(27,28)12-19(17)30-21(25)24-20(26)7-8-23/h2-6,9-10,17,19H,7,11-12H2,1H3. The van der Waals surface area contributed by atoms with Crippen LogP contribution in [-0.4, -0.2) is 42.3 Å². The minimum atomic E-state index is -3.22. The third-order valence-corrected chi connectivity index (χ3v) is 8.36. The van der Waals surface area contributed by atoms with Gasteiger partial charge in [0.25, 0.3) is 5.91 Å². The molecular weight excluding hydrogens is 458 g/mol. The molecule has 2 saturated heterocycles. The molecule has 0 aliphatic carbocycles. The number of anilines is 1. The number of rotatable bonds is 4. The van der Waals surface area contributed by atoms with E-state index >= 15 is 0 Å². The predicted octanol–water partition coefficient (Wildman–Crippen LogP) is 3.96. The van der Waals surface area contributed by atoms with Crippen molar-refractivity contribution in [2.45, 2.75) is 24.6 Å². The first-order valence-electron chi connectivity index (χ1n) is 9.44. The molecule has 2 aromatic carbocycles. The summed E-state index contributed by atoms with van der Waals surface area (Å²) < 4.78 is 30.7. The van der Waals surface area contributed by atoms with Gasteiger partial charge in [0, 0.05) is 10.3 Å². The number of benzene rings is 2. The Balaban J connectivity index is 1.79. The maximum Gasteiger partial charge on any atom is 0.262 e. The van der Waals surface area contributed by atoms with E-state index in [0.717, 1.165) is 5.56 Å². The third-order valence-electron chi connectivity index (χ3n) is 4.92. The van der Waals surface area contributed by atoms with E-state index in [0.29, 0.717) is 27.4 Å². The van der Waals surface area contributed by atoms with Gasteiger partial charge in [-0.2, -0.15) is 10.3 Å². The van der Waals surface area contributed by atoms with Crippen LogP contribution in [0.1, 0.15) is 12.0 Å². The van der Waals surface area contributed by atoms with Gasteiger partial charge in [-0.3, -0.25) is 4.79 Å². The van der Waals surface area contributed by atoms with Crippen molar-refractivity contribution >= 4 is 50.0 Å². The van der Waals surface area contributed by atoms with Crippen LogP contribution in [0.15, 0.2) is 47.5 Å². The van der Waals surface area contributed by atoms with Gasteiger partial charge < -0.3 is 9.64 Å². The number of carbonyl (C=O) groups is 1. The fourth-order valence-electron chi connectivity index (χ4n) is 3.63. The molecule has 0 N–H and O–H groups in total. The largest absolute Gasteiger partial charge is 0.455 e. The topological polar surface area (TPSA) is 99.8 Å². The lowest BCUT2D eigenvalue weighted by atomic mass is 10.2. The fraction of sp³-hybridized carbons (Fsp3) is 0.286. The Morgan fingerprint density at radius 1 is 1.32 bits per heavy atom. The average Bonchev–Trinajstić information content (AvgIpc) is 3.14. The normalized spacial score (nSPS) is 22.9. The molecule has 0 saturated carbocycles. The number of aliphatic imine (C=N–C) groups is 1. The number of nitrogens with zero attached hydrogens (tertiary/aromatic N) is 3. The number of fused-ring (bicyclic) bond motifs is 1. The molecule has 2 aromatic rings. The Labute approximate surface area is 189 Å². The molecule has 0 aromatic heterocycles. The quantitative estimate of drug-likeness (QED) is 0.659. The van der Waals surface area contributed by atoms with E-state index in [1.807, 2.05) is 31.2 Å². The number of ether oxygens (including phenoxy) is 1. The van der Waals surface area contributed by atoms with Gasteiger partial charge in [-0.15, -0.1) is 0 Å². The fourth-order valence-corrected chi connectivity index (χ4v) is 7.72. The zero-order chi connectivity index (χ0) is 22.2. The van der Waals surface area contributed by atoms with Crippen molar-refractivity contribution in [3.05, 3.63) is 53.1 Å². The van der Waals surface area contributed by atoms with Crippen LogP contribution in [0.25, 0.3) is 0 Å². The zero-order valence-corrected chi connectivity index (χ0v) is 18.9. The highest BCUT2D eigenvalue weighted by Crippen LogP contribution is 2.45. The lowest BCUT2D eigenvalue weighted by molar-refractivity contribution is -0.116. The number of aryl methyl sites for hydroxylation is 1. The van der Waals surface area contributed by atoms with E-state index < -0.39 is 21.8 Å². The monoisotopic (exact) mass is 475 g/mol. The summed E-state index contributed by atoms with van der Waals surface area (Å²) in [5.74, 6) is 0.429. The minimum Gasteiger partial charge on any atom is -0.455 e. The van der Waals surface area contributed by atoms with Crippen molar-refractivity contribution in [3.8, 4) is 17.6 Å². The minimum absolute atomic E-state index is 0.00106. The van der Waals surface area contributed by atoms with Crippen LogP contribution in [0.4, 0.5) is 5.69 Å². The van der Waals surface area contributed by atoms with Gasteiger partial charge in [-0.05, 0) is 42.8 Å². The second-order valence-corrected chi connectivity index (χ2v) is 11.1. The molecule has 4 rings (SSSR count). The van der Waals surface area contributed by atoms with Crippen LogP contribution >= 0.6 is 23.4 Å². The predicted molar refractivity (Wildman–Crippen MR) is 122 cm³/mol. The number of hydrogen-bond acceptors (Lipinski definition) is 6. The Morgan fingerprint density at radius 2 is 2.13 bits per heavy atom. The van der Waals surface area contributed by atoms with Gasteiger partial charge in [0.2, 0.25) is 0 Å². The molecule has 2 unspecified atom stereocenters. The molecule has 31 heavy (non-hydrogen) atoms. The van der Waals surface area contributed by atoms with Gasteiger partial charge in [0.05, 0.1) is 29.3 Å². The molecule has 7 nitrogen and oxygen atoms in total. The number of carbonyl (C=O) groups excluding carboxylic acids is 1. The summed E-state index contributed by atoms with van der Waals surface area (Å²) in [6.45, 7) is 1.95. The summed E-state index contributed by atoms with van der Waals surface area (Å²) in [6.07, 6.45) is -0.353. The highest BCUT2D eigenvalue weighted by atomic mass is 35.5. The Hall–Kier alpha value is -2.54. The van der Waals surface area contributed by atoms with Crippen LogP contribution < -0.4 is 9.64 Å². The molecule has 0 radical (unpaired) electrons. The van der Waals surface area contributed by atoms with E-state index in [4.69, 9.17) is 21.6 Å². The molecule has 2 fully saturated rings. The van der Waals surface area contributed by atoms with E-state index in [1.165, 1.54) is 11.8 Å². The van der Waals surface area contributed by atoms with Gasteiger partial charge in [0.1, 0.15) is 12.2 Å². The van der Waals surface area contributed by atoms with Crippen LogP contribution in [0, 0.1) is 18.3 Å². The molecule has 2 atom stereocenters. The summed E-state index contributed by atoms with van der Waals surface area (Å²) in [4.78, 5) is 17.9. The number of thioether (sulfide) groups is 1. The Bertz CT molecular complexity index is 1220. The van der Waals surface area contributed by atoms with Crippen molar-refractivity contribution in [1.82, 2.24) is 0 Å². The lowest BCUT2D eigenvalue weighted by Gasteiger charge is -2.26. The third kappa shape index (κ3) is 4.71. The van der Waals surface area contributed by atoms with Crippen molar-refractivity contribution in [1.29, 1.82) is 5.26 Å². The van der Waals surface area contributed by atoms with Gasteiger partial charge >= 0.3 is 0 Å². The van der Waals surface area contributed by atoms with E-state index in [9.17, 15) is 13.2 Å². The molecule has 2 heterocycles. The maximum absolute atomic E-state index is 12.3. The number of nitriles is 1. The second kappa shape index (κ2) is 8.54. The highest BCUT2D eigenvalue weighted by molar-refractivity contribution is 8.16. The zero-order valence-electron chi connectivity index (χ0n) is 16.5. The number of sulfone groups is 1. The van der Waals surface area contributed by atoms with Crippen LogP contribution in [0.3, 0.4) is 0 Å². The summed E-state index contributed by atoms with van der Waals surface area (Å²) in [5.41, 5.74) is 1.55. The molecule has 1 amide bonds. The van der Waals surface area contributed by atoms with Gasteiger partial charge in [-0.25, -0.2) is 8.42 Å². The molecule has 10 heteroatoms. The first-order valence-corrected chi connectivity index (χ1v) is 12.5. The number of halogens is 1. The van der Waals surface area contributed by atoms with Crippen LogP contribution in [0.5, 0.6) is 11.5 Å². The van der Waals surface area contributed by atoms with Crippen LogP contribution in [0.2, 0.25) is 5.02 Å². The van der Waals surface area contributed by atoms with Crippen molar-refractivity contribution < 1.29 is 17.9 Å². The van der Waals surface area contributed by atoms with Crippen molar-refractivity contribution in [3.63, 3.8) is 0 Å². The Kier molecular flexibility index (Phi) is 5.97. The molecule has 2 aliphatic rings. The van der Waals surface area contributed by atoms with Crippen molar-refractivity contribution in [2.75, 3.05) is 16.4 Å². The molecule has 2 aliphatic heterocycles. The number of hydrogen-bond donors (Lipinski definition) is 0. The van der Waals surface area contributed by atoms with E-state index in [-0.39, 0.29) is 23.2 Å². The summed E-state index contributed by atoms with van der Waals surface area (Å²) in [5, 5.41) is 9.32. The second-order valence-electron chi connectivity index (χ2n) is 7.32. The smallest absolute Gasteiger partial charge is 0.262 e. The number of amides is 1. The Morgan fingerprint density at radius 3 is 2.87 bits per heavy atom. The first kappa shape index (κ1) is 21.7.